The van der Waals surface area contributed by atoms with Crippen molar-refractivity contribution in [1.82, 2.24) is 0 Å². The van der Waals surface area contributed by atoms with Gasteiger partial charge in [0.1, 0.15) is 0 Å². The molecule has 3 N–H and O–H groups in total. The second kappa shape index (κ2) is 8.49. The number of nitrogens with one attached hydrogen (secondary N) is 3. The van der Waals surface area contributed by atoms with Gasteiger partial charge in [0.05, 0.1) is 6.54 Å². The molecular weight excluding hydrogens is 370 g/mol. The van der Waals surface area contributed by atoms with Gasteiger partial charge >= 0.3 is 0 Å². The molecule has 0 saturated carbocycles. The Morgan fingerprint density at radius 1 is 1.00 bits per heavy atom. The smallest absolute Gasteiger partial charge is 0.243 e. The second-order valence-electron chi connectivity index (χ2n) is 5.29. The molecule has 0 aliphatic carbocycles. The van der Waals surface area contributed by atoms with Gasteiger partial charge in [0.2, 0.25) is 11.8 Å². The maximum atomic E-state index is 12.1. The Morgan fingerprint density at radius 3 is 2.42 bits per heavy atom. The first-order valence-electron chi connectivity index (χ1n) is 7.68. The van der Waals surface area contributed by atoms with Crippen LogP contribution in [-0.2, 0) is 9.59 Å². The molecule has 0 radical (unpaired) electrons. The predicted molar refractivity (Wildman–Crippen MR) is 101 cm³/mol. The Morgan fingerprint density at radius 2 is 1.71 bits per heavy atom. The molecule has 2 aromatic carbocycles. The van der Waals surface area contributed by atoms with Crippen molar-refractivity contribution in [3.63, 3.8) is 0 Å². The highest BCUT2D eigenvalue weighted by Crippen LogP contribution is 2.23. The van der Waals surface area contributed by atoms with Crippen molar-refractivity contribution in [3.8, 4) is 0 Å². The lowest BCUT2D eigenvalue weighted by Gasteiger charge is -2.14. The molecular formula is C18H20BrN3O2. The highest BCUT2D eigenvalue weighted by Gasteiger charge is 2.08. The van der Waals surface area contributed by atoms with Crippen LogP contribution in [0, 0.1) is 6.92 Å². The fourth-order valence-corrected chi connectivity index (χ4v) is 2.55. The number of anilines is 3. The Hall–Kier alpha value is -2.34. The van der Waals surface area contributed by atoms with Gasteiger partial charge < -0.3 is 16.0 Å². The second-order valence-corrected chi connectivity index (χ2v) is 6.21. The third-order valence-corrected chi connectivity index (χ3v) is 3.97. The molecule has 0 unspecified atom stereocenters. The zero-order valence-corrected chi connectivity index (χ0v) is 15.2. The molecule has 126 valence electrons. The number of hydrogen-bond acceptors (Lipinski definition) is 3. The van der Waals surface area contributed by atoms with Crippen LogP contribution in [0.4, 0.5) is 17.1 Å². The van der Waals surface area contributed by atoms with Crippen molar-refractivity contribution in [2.45, 2.75) is 20.3 Å². The molecule has 0 aliphatic heterocycles. The minimum Gasteiger partial charge on any atom is -0.376 e. The van der Waals surface area contributed by atoms with Crippen molar-refractivity contribution >= 4 is 44.8 Å². The van der Waals surface area contributed by atoms with Gasteiger partial charge in [-0.1, -0.05) is 35.0 Å². The van der Waals surface area contributed by atoms with Crippen LogP contribution >= 0.6 is 15.9 Å². The number of benzene rings is 2. The van der Waals surface area contributed by atoms with E-state index < -0.39 is 0 Å². The summed E-state index contributed by atoms with van der Waals surface area (Å²) in [5.41, 5.74) is 3.19. The van der Waals surface area contributed by atoms with Crippen LogP contribution in [0.25, 0.3) is 0 Å². The molecule has 0 spiro atoms. The summed E-state index contributed by atoms with van der Waals surface area (Å²) in [5.74, 6) is -0.182. The van der Waals surface area contributed by atoms with Gasteiger partial charge in [0.25, 0.3) is 0 Å². The third-order valence-electron chi connectivity index (χ3n) is 3.48. The van der Waals surface area contributed by atoms with E-state index >= 15 is 0 Å². The van der Waals surface area contributed by atoms with Crippen LogP contribution in [0.15, 0.2) is 46.9 Å². The van der Waals surface area contributed by atoms with E-state index in [9.17, 15) is 9.59 Å². The van der Waals surface area contributed by atoms with Crippen LogP contribution in [0.2, 0.25) is 0 Å². The Labute approximate surface area is 150 Å². The summed E-state index contributed by atoms with van der Waals surface area (Å²) in [7, 11) is 0. The number of hydrogen-bond donors (Lipinski definition) is 3. The lowest BCUT2D eigenvalue weighted by molar-refractivity contribution is -0.116. The standard InChI is InChI=1S/C18H20BrN3O2/c1-3-17(23)22-16-9-5-8-15(12(16)2)20-11-18(24)21-14-7-4-6-13(19)10-14/h4-10,20H,3,11H2,1-2H3,(H,21,24)(H,22,23). The van der Waals surface area contributed by atoms with E-state index in [2.05, 4.69) is 31.9 Å². The predicted octanol–water partition coefficient (Wildman–Crippen LogP) is 4.16. The van der Waals surface area contributed by atoms with Crippen molar-refractivity contribution in [1.29, 1.82) is 0 Å². The van der Waals surface area contributed by atoms with Crippen LogP contribution in [-0.4, -0.2) is 18.4 Å². The van der Waals surface area contributed by atoms with E-state index in [-0.39, 0.29) is 18.4 Å². The summed E-state index contributed by atoms with van der Waals surface area (Å²) in [5, 5.41) is 8.78. The average Bonchev–Trinajstić information content (AvgIpc) is 2.55. The first-order chi connectivity index (χ1) is 11.5. The highest BCUT2D eigenvalue weighted by molar-refractivity contribution is 9.10. The van der Waals surface area contributed by atoms with E-state index in [1.807, 2.05) is 49.4 Å². The van der Waals surface area contributed by atoms with Crippen molar-refractivity contribution in [3.05, 3.63) is 52.5 Å². The van der Waals surface area contributed by atoms with Crippen LogP contribution in [0.1, 0.15) is 18.9 Å². The topological polar surface area (TPSA) is 70.2 Å². The first-order valence-corrected chi connectivity index (χ1v) is 8.47. The average molecular weight is 390 g/mol. The molecule has 0 saturated heterocycles. The van der Waals surface area contributed by atoms with Gasteiger partial charge in [-0.2, -0.15) is 0 Å². The van der Waals surface area contributed by atoms with Crippen LogP contribution in [0.3, 0.4) is 0 Å². The zero-order chi connectivity index (χ0) is 17.5. The van der Waals surface area contributed by atoms with E-state index in [0.717, 1.165) is 27.1 Å². The molecule has 2 rings (SSSR count). The highest BCUT2D eigenvalue weighted by atomic mass is 79.9. The molecule has 24 heavy (non-hydrogen) atoms. The lowest BCUT2D eigenvalue weighted by atomic mass is 10.1. The van der Waals surface area contributed by atoms with Crippen molar-refractivity contribution in [2.24, 2.45) is 0 Å². The number of halogens is 1. The fraction of sp³-hybridized carbons (Fsp3) is 0.222. The largest absolute Gasteiger partial charge is 0.376 e. The molecule has 0 heterocycles. The zero-order valence-electron chi connectivity index (χ0n) is 13.7. The SMILES string of the molecule is CCC(=O)Nc1cccc(NCC(=O)Nc2cccc(Br)c2)c1C. The van der Waals surface area contributed by atoms with Crippen molar-refractivity contribution < 1.29 is 9.59 Å². The van der Waals surface area contributed by atoms with Crippen LogP contribution in [0.5, 0.6) is 0 Å². The number of rotatable bonds is 6. The van der Waals surface area contributed by atoms with Gasteiger partial charge in [-0.05, 0) is 42.8 Å². The molecule has 6 heteroatoms. The summed E-state index contributed by atoms with van der Waals surface area (Å²) in [6.45, 7) is 3.84. The van der Waals surface area contributed by atoms with Gasteiger partial charge in [0.15, 0.2) is 0 Å². The van der Waals surface area contributed by atoms with Gasteiger partial charge in [-0.15, -0.1) is 0 Å². The van der Waals surface area contributed by atoms with Gasteiger partial charge in [-0.3, -0.25) is 9.59 Å². The monoisotopic (exact) mass is 389 g/mol. The molecule has 0 atom stereocenters. The summed E-state index contributed by atoms with van der Waals surface area (Å²) in [6.07, 6.45) is 0.423. The Bertz CT molecular complexity index is 747. The van der Waals surface area contributed by atoms with E-state index in [1.165, 1.54) is 0 Å². The van der Waals surface area contributed by atoms with Crippen LogP contribution < -0.4 is 16.0 Å². The minimum atomic E-state index is -0.143. The fourth-order valence-electron chi connectivity index (χ4n) is 2.15. The third kappa shape index (κ3) is 5.09. The van der Waals surface area contributed by atoms with Gasteiger partial charge in [0, 0.05) is 28.0 Å². The summed E-state index contributed by atoms with van der Waals surface area (Å²) in [4.78, 5) is 23.6. The molecule has 5 nitrogen and oxygen atoms in total. The minimum absolute atomic E-state index is 0.0392. The molecule has 2 aromatic rings. The Balaban J connectivity index is 1.97. The van der Waals surface area contributed by atoms with Gasteiger partial charge in [-0.25, -0.2) is 0 Å². The summed E-state index contributed by atoms with van der Waals surface area (Å²) >= 11 is 3.37. The quantitative estimate of drug-likeness (QED) is 0.694. The normalized spacial score (nSPS) is 10.1. The number of carbonyl (C=O) groups excluding carboxylic acids is 2. The molecule has 0 fully saturated rings. The molecule has 2 amide bonds. The maximum Gasteiger partial charge on any atom is 0.243 e. The van der Waals surface area contributed by atoms with E-state index in [0.29, 0.717) is 6.42 Å². The number of amides is 2. The maximum absolute atomic E-state index is 12.1. The van der Waals surface area contributed by atoms with E-state index in [4.69, 9.17) is 0 Å². The van der Waals surface area contributed by atoms with Crippen molar-refractivity contribution in [2.75, 3.05) is 22.5 Å². The lowest BCUT2D eigenvalue weighted by Crippen LogP contribution is -2.22. The first kappa shape index (κ1) is 18.0. The number of carbonyl (C=O) groups is 2. The molecule has 0 aliphatic rings. The summed E-state index contributed by atoms with van der Waals surface area (Å²) < 4.78 is 0.906. The van der Waals surface area contributed by atoms with E-state index in [1.54, 1.807) is 6.92 Å². The summed E-state index contributed by atoms with van der Waals surface area (Å²) in [6, 6.07) is 13.0. The molecule has 0 aromatic heterocycles. The molecule has 0 bridgehead atoms. The Kier molecular flexibility index (Phi) is 6.37.